The van der Waals surface area contributed by atoms with Crippen molar-refractivity contribution in [2.75, 3.05) is 72.0 Å². The van der Waals surface area contributed by atoms with Crippen LogP contribution in [-0.2, 0) is 33.7 Å². The van der Waals surface area contributed by atoms with Crippen LogP contribution < -0.4 is 14.4 Å². The Morgan fingerprint density at radius 3 is 1.82 bits per heavy atom. The largest absolute Gasteiger partial charge is 0.496 e. The Bertz CT molecular complexity index is 1750. The Hall–Kier alpha value is -3.00. The van der Waals surface area contributed by atoms with E-state index in [0.717, 1.165) is 49.4 Å². The van der Waals surface area contributed by atoms with Gasteiger partial charge in [0.1, 0.15) is 17.1 Å². The van der Waals surface area contributed by atoms with E-state index in [1.165, 1.54) is 0 Å². The van der Waals surface area contributed by atoms with Gasteiger partial charge in [-0.1, -0.05) is 72.7 Å². The van der Waals surface area contributed by atoms with Crippen molar-refractivity contribution in [3.05, 3.63) is 88.5 Å². The van der Waals surface area contributed by atoms with Crippen molar-refractivity contribution in [1.29, 1.82) is 0 Å². The second-order valence-electron chi connectivity index (χ2n) is 18.7. The third kappa shape index (κ3) is 10.8. The van der Waals surface area contributed by atoms with Gasteiger partial charge in [-0.3, -0.25) is 0 Å². The van der Waals surface area contributed by atoms with Crippen LogP contribution in [0.3, 0.4) is 0 Å². The lowest BCUT2D eigenvalue weighted by Crippen LogP contribution is -2.41. The number of unbranched alkanes of at least 4 members (excludes halogenated alkanes) is 1. The summed E-state index contributed by atoms with van der Waals surface area (Å²) >= 11 is 0. The number of rotatable bonds is 17. The molecular formula is C46H69NO9Si. The van der Waals surface area contributed by atoms with Gasteiger partial charge in [0.15, 0.2) is 27.7 Å². The number of methoxy groups -OCH3 is 2. The third-order valence-corrected chi connectivity index (χ3v) is 16.0. The fourth-order valence-corrected chi connectivity index (χ4v) is 8.04. The molecule has 1 atom stereocenters. The molecule has 2 saturated heterocycles. The Balaban J connectivity index is 1.60. The number of aliphatic hydroxyl groups is 1. The zero-order chi connectivity index (χ0) is 41.6. The number of nitrogens with zero attached hydrogens (tertiary/aromatic N) is 1. The molecule has 2 fully saturated rings. The van der Waals surface area contributed by atoms with E-state index in [9.17, 15) is 5.11 Å². The van der Waals surface area contributed by atoms with E-state index in [-0.39, 0.29) is 22.7 Å². The van der Waals surface area contributed by atoms with Gasteiger partial charge in [-0.2, -0.15) is 0 Å². The van der Waals surface area contributed by atoms with Crippen molar-refractivity contribution >= 4 is 14.0 Å². The van der Waals surface area contributed by atoms with Crippen molar-refractivity contribution in [2.24, 2.45) is 10.8 Å². The predicted octanol–water partition coefficient (Wildman–Crippen LogP) is 9.73. The van der Waals surface area contributed by atoms with Crippen LogP contribution in [0.4, 0.5) is 5.69 Å². The molecule has 10 nitrogen and oxygen atoms in total. The summed E-state index contributed by atoms with van der Waals surface area (Å²) in [7, 11) is 1.38. The van der Waals surface area contributed by atoms with E-state index in [1.54, 1.807) is 14.2 Å². The van der Waals surface area contributed by atoms with Gasteiger partial charge in [-0.25, -0.2) is 0 Å². The van der Waals surface area contributed by atoms with E-state index < -0.39 is 26.5 Å². The van der Waals surface area contributed by atoms with Crippen molar-refractivity contribution < 1.29 is 42.7 Å². The zero-order valence-corrected chi connectivity index (χ0v) is 37.7. The van der Waals surface area contributed by atoms with Gasteiger partial charge >= 0.3 is 0 Å². The second kappa shape index (κ2) is 18.5. The normalized spacial score (nSPS) is 18.9. The summed E-state index contributed by atoms with van der Waals surface area (Å²) in [6.07, 6.45) is 0.701. The van der Waals surface area contributed by atoms with Crippen molar-refractivity contribution in [3.63, 3.8) is 0 Å². The topological polar surface area (TPSA) is 97.3 Å². The zero-order valence-electron chi connectivity index (χ0n) is 36.7. The summed E-state index contributed by atoms with van der Waals surface area (Å²) in [5.74, 6) is 0.935. The summed E-state index contributed by atoms with van der Waals surface area (Å²) in [5.41, 5.74) is 2.11. The smallest absolute Gasteiger partial charge is 0.191 e. The maximum atomic E-state index is 13.8. The maximum absolute atomic E-state index is 13.8. The van der Waals surface area contributed by atoms with Crippen LogP contribution in [0.5, 0.6) is 11.5 Å². The molecule has 1 N–H and O–H groups in total. The minimum absolute atomic E-state index is 0.0213. The van der Waals surface area contributed by atoms with Gasteiger partial charge in [0.25, 0.3) is 0 Å². The molecular weight excluding hydrogens is 739 g/mol. The van der Waals surface area contributed by atoms with Gasteiger partial charge in [0.2, 0.25) is 0 Å². The first-order valence-corrected chi connectivity index (χ1v) is 23.4. The fraction of sp³-hybridized carbons (Fsp3) is 0.609. The molecule has 3 aromatic carbocycles. The van der Waals surface area contributed by atoms with Crippen molar-refractivity contribution in [3.8, 4) is 11.5 Å². The minimum atomic E-state index is -1.81. The maximum Gasteiger partial charge on any atom is 0.191 e. The number of hydrogen-bond acceptors (Lipinski definition) is 10. The van der Waals surface area contributed by atoms with Crippen LogP contribution in [0.25, 0.3) is 0 Å². The highest BCUT2D eigenvalue weighted by Crippen LogP contribution is 2.48. The van der Waals surface area contributed by atoms with Crippen LogP contribution in [0.2, 0.25) is 18.1 Å². The first-order chi connectivity index (χ1) is 26.8. The summed E-state index contributed by atoms with van der Waals surface area (Å²) in [4.78, 5) is 2.35. The molecule has 57 heavy (non-hydrogen) atoms. The number of hydrogen-bond donors (Lipinski definition) is 1. The molecule has 2 aliphatic rings. The van der Waals surface area contributed by atoms with Crippen LogP contribution in [0, 0.1) is 10.8 Å². The van der Waals surface area contributed by atoms with Gasteiger partial charge < -0.3 is 47.6 Å². The van der Waals surface area contributed by atoms with Crippen molar-refractivity contribution in [1.82, 2.24) is 0 Å². The standard InChI is InChI=1S/C46H69NO9Si/c1-13-47(23-14-15-24-56-57(11,12)43(2,3)4)36-18-16-17-35(27-36)46(48,37-25-33(19-21-39(37)50-10)41-51-28-44(5,6)29-52-41)38-26-34(20-22-40(38)55-32-49-9)42-53-30-45(7,8)31-54-42/h16-22,25-27,41-42,48H,13-15,23-24,28-32H2,1-12H3. The molecule has 2 aliphatic heterocycles. The number of benzene rings is 3. The average Bonchev–Trinajstić information content (AvgIpc) is 3.17. The average molecular weight is 808 g/mol. The number of ether oxygens (including phenoxy) is 7. The molecule has 0 radical (unpaired) electrons. The Morgan fingerprint density at radius 2 is 1.32 bits per heavy atom. The van der Waals surface area contributed by atoms with Gasteiger partial charge in [0.05, 0.1) is 33.5 Å². The van der Waals surface area contributed by atoms with E-state index in [2.05, 4.69) is 85.5 Å². The Labute approximate surface area is 343 Å². The molecule has 3 aromatic rings. The second-order valence-corrected chi connectivity index (χ2v) is 23.5. The lowest BCUT2D eigenvalue weighted by Gasteiger charge is -2.37. The molecule has 316 valence electrons. The molecule has 0 spiro atoms. The lowest BCUT2D eigenvalue weighted by molar-refractivity contribution is -0.226. The molecule has 0 aromatic heterocycles. The van der Waals surface area contributed by atoms with E-state index >= 15 is 0 Å². The number of anilines is 1. The molecule has 0 aliphatic carbocycles. The highest BCUT2D eigenvalue weighted by molar-refractivity contribution is 6.74. The lowest BCUT2D eigenvalue weighted by atomic mass is 9.78. The van der Waals surface area contributed by atoms with Crippen LogP contribution in [0.1, 0.15) is 109 Å². The molecule has 0 saturated carbocycles. The molecule has 11 heteroatoms. The minimum Gasteiger partial charge on any atom is -0.496 e. The Morgan fingerprint density at radius 1 is 0.772 bits per heavy atom. The summed E-state index contributed by atoms with van der Waals surface area (Å²) in [6.45, 7) is 26.6. The Kier molecular flexibility index (Phi) is 14.6. The molecule has 0 bridgehead atoms. The molecule has 0 amide bonds. The quantitative estimate of drug-likeness (QED) is 0.0615. The summed E-state index contributed by atoms with van der Waals surface area (Å²) in [6, 6.07) is 19.5. The predicted molar refractivity (Wildman–Crippen MR) is 228 cm³/mol. The van der Waals surface area contributed by atoms with Crippen LogP contribution >= 0.6 is 0 Å². The highest BCUT2D eigenvalue weighted by Gasteiger charge is 2.42. The van der Waals surface area contributed by atoms with Crippen LogP contribution in [0.15, 0.2) is 60.7 Å². The first kappa shape index (κ1) is 45.1. The van der Waals surface area contributed by atoms with Crippen molar-refractivity contribution in [2.45, 2.75) is 105 Å². The highest BCUT2D eigenvalue weighted by atomic mass is 28.4. The molecule has 2 heterocycles. The third-order valence-electron chi connectivity index (χ3n) is 11.5. The van der Waals surface area contributed by atoms with E-state index in [4.69, 9.17) is 37.6 Å². The fourth-order valence-electron chi connectivity index (χ4n) is 6.95. The SMILES string of the molecule is CCN(CCCCO[Si](C)(C)C(C)(C)C)c1cccc(C(O)(c2cc(C3OCC(C)(C)CO3)ccc2OC)c2cc(C3OCC(C)(C)CO3)ccc2OCOC)c1. The first-order valence-electron chi connectivity index (χ1n) is 20.5. The molecule has 5 rings (SSSR count). The van der Waals surface area contributed by atoms with Gasteiger partial charge in [0, 0.05) is 65.6 Å². The van der Waals surface area contributed by atoms with Crippen LogP contribution in [-0.4, -0.2) is 80.6 Å². The summed E-state index contributed by atoms with van der Waals surface area (Å²) in [5, 5.41) is 14.0. The monoisotopic (exact) mass is 807 g/mol. The molecule has 1 unspecified atom stereocenters. The summed E-state index contributed by atoms with van der Waals surface area (Å²) < 4.78 is 49.2. The van der Waals surface area contributed by atoms with E-state index in [1.807, 2.05) is 48.5 Å². The van der Waals surface area contributed by atoms with Gasteiger partial charge in [-0.15, -0.1) is 0 Å². The van der Waals surface area contributed by atoms with E-state index in [0.29, 0.717) is 54.6 Å². The van der Waals surface area contributed by atoms with Gasteiger partial charge in [-0.05, 0) is 79.9 Å².